The second-order valence-corrected chi connectivity index (χ2v) is 9.92. The van der Waals surface area contributed by atoms with E-state index < -0.39 is 17.6 Å². The van der Waals surface area contributed by atoms with E-state index in [-0.39, 0.29) is 29.2 Å². The second-order valence-electron chi connectivity index (χ2n) is 9.92. The average molecular weight is 564 g/mol. The average Bonchev–Trinajstić information content (AvgIpc) is 2.94. The number of alkyl halides is 3. The summed E-state index contributed by atoms with van der Waals surface area (Å²) in [7, 11) is 3.69. The fraction of sp³-hybridized carbons (Fsp3) is 0.300. The predicted octanol–water partition coefficient (Wildman–Crippen LogP) is 4.43. The fourth-order valence-corrected chi connectivity index (χ4v) is 4.56. The minimum absolute atomic E-state index is 0.0519. The number of nitrogens with two attached hydrogens (primary N) is 1. The molecule has 1 aliphatic rings. The number of carbonyl (C=O) groups excluding carboxylic acids is 1. The Bertz CT molecular complexity index is 1520. The third-order valence-electron chi connectivity index (χ3n) is 7.05. The Morgan fingerprint density at radius 2 is 1.88 bits per heavy atom. The van der Waals surface area contributed by atoms with E-state index in [4.69, 9.17) is 11.1 Å². The monoisotopic (exact) mass is 563 g/mol. The molecule has 214 valence electrons. The van der Waals surface area contributed by atoms with Gasteiger partial charge in [-0.2, -0.15) is 13.2 Å². The molecule has 2 aromatic carbocycles. The summed E-state index contributed by atoms with van der Waals surface area (Å²) >= 11 is 0. The van der Waals surface area contributed by atoms with Crippen molar-refractivity contribution in [1.82, 2.24) is 14.8 Å². The van der Waals surface area contributed by atoms with Crippen molar-refractivity contribution in [2.75, 3.05) is 56.6 Å². The number of hydrogen-bond acceptors (Lipinski definition) is 7. The molecule has 0 atom stereocenters. The van der Waals surface area contributed by atoms with Crippen molar-refractivity contribution >= 4 is 29.3 Å². The van der Waals surface area contributed by atoms with Gasteiger partial charge in [0.1, 0.15) is 5.82 Å². The van der Waals surface area contributed by atoms with Crippen LogP contribution in [-0.4, -0.2) is 67.2 Å². The van der Waals surface area contributed by atoms with E-state index in [1.165, 1.54) is 18.3 Å². The number of hydrogen-bond donors (Lipinski definition) is 4. The van der Waals surface area contributed by atoms with E-state index in [0.717, 1.165) is 30.9 Å². The zero-order chi connectivity index (χ0) is 29.7. The number of aromatic nitrogens is 1. The molecule has 2 heterocycles. The van der Waals surface area contributed by atoms with Crippen molar-refractivity contribution in [3.8, 4) is 11.8 Å². The number of amides is 1. The van der Waals surface area contributed by atoms with Crippen molar-refractivity contribution in [2.45, 2.75) is 19.6 Å². The molecule has 0 spiro atoms. The molecule has 4 rings (SSSR count). The Balaban J connectivity index is 1.57. The topological polar surface area (TPSA) is 110 Å². The number of anilines is 3. The number of nitrogens with one attached hydrogen (secondary N) is 3. The number of halogens is 3. The maximum atomic E-state index is 14.0. The van der Waals surface area contributed by atoms with Gasteiger partial charge in [-0.15, -0.1) is 0 Å². The molecule has 1 saturated heterocycles. The number of benzene rings is 2. The van der Waals surface area contributed by atoms with Crippen LogP contribution in [0, 0.1) is 24.2 Å². The van der Waals surface area contributed by atoms with Crippen molar-refractivity contribution in [1.29, 1.82) is 5.41 Å². The number of nitrogen functional groups attached to an aromatic ring is 1. The van der Waals surface area contributed by atoms with Crippen LogP contribution < -0.4 is 16.4 Å². The summed E-state index contributed by atoms with van der Waals surface area (Å²) in [5.41, 5.74) is 8.47. The molecule has 1 fully saturated rings. The smallest absolute Gasteiger partial charge is 0.386 e. The van der Waals surface area contributed by atoms with Crippen LogP contribution >= 0.6 is 0 Å². The van der Waals surface area contributed by atoms with Crippen molar-refractivity contribution in [2.24, 2.45) is 0 Å². The lowest BCUT2D eigenvalue weighted by Gasteiger charge is -2.33. The SMILES string of the molecule is CNc1cnc(N)c(C#Cc2cc(C(=O)Nc3ccc(CN4CCN(C)CC4)c(C(F)(F)F)c3)ccc2C)c1C=N. The van der Waals surface area contributed by atoms with Gasteiger partial charge in [-0.3, -0.25) is 9.69 Å². The third kappa shape index (κ3) is 7.03. The number of pyridine rings is 1. The second kappa shape index (κ2) is 12.4. The Morgan fingerprint density at radius 3 is 2.54 bits per heavy atom. The van der Waals surface area contributed by atoms with Crippen LogP contribution in [0.4, 0.5) is 30.4 Å². The first-order valence-corrected chi connectivity index (χ1v) is 13.0. The van der Waals surface area contributed by atoms with Gasteiger partial charge in [-0.05, 0) is 49.4 Å². The summed E-state index contributed by atoms with van der Waals surface area (Å²) in [5, 5.41) is 13.3. The molecule has 3 aromatic rings. The van der Waals surface area contributed by atoms with E-state index in [9.17, 15) is 18.0 Å². The Kier molecular flexibility index (Phi) is 8.95. The normalized spacial score (nSPS) is 14.2. The molecule has 1 aromatic heterocycles. The standard InChI is InChI=1S/C30H32F3N7O/c1-19-4-5-21(14-20(19)7-9-24-25(16-34)27(36-2)17-37-28(24)35)29(41)38-23-8-6-22(26(15-23)30(31,32)33)18-40-12-10-39(3)11-13-40/h4-6,8,14-17,34,36H,10-13,18H2,1-3H3,(H2,35,37)(H,38,41). The molecule has 1 amide bonds. The van der Waals surface area contributed by atoms with Crippen LogP contribution in [0.25, 0.3) is 0 Å². The van der Waals surface area contributed by atoms with Crippen LogP contribution in [0.5, 0.6) is 0 Å². The van der Waals surface area contributed by atoms with Gasteiger partial charge in [-0.25, -0.2) is 4.98 Å². The zero-order valence-electron chi connectivity index (χ0n) is 23.1. The van der Waals surface area contributed by atoms with Gasteiger partial charge in [0.2, 0.25) is 0 Å². The first-order chi connectivity index (χ1) is 19.5. The molecule has 0 bridgehead atoms. The fourth-order valence-electron chi connectivity index (χ4n) is 4.56. The zero-order valence-corrected chi connectivity index (χ0v) is 23.1. The molecule has 5 N–H and O–H groups in total. The molecule has 0 radical (unpaired) electrons. The van der Waals surface area contributed by atoms with Gasteiger partial charge in [-0.1, -0.05) is 24.0 Å². The number of aryl methyl sites for hydroxylation is 1. The lowest BCUT2D eigenvalue weighted by atomic mass is 10.0. The quantitative estimate of drug-likeness (QED) is 0.261. The molecule has 0 unspecified atom stereocenters. The van der Waals surface area contributed by atoms with E-state index in [1.54, 1.807) is 25.2 Å². The molecule has 8 nitrogen and oxygen atoms in total. The highest BCUT2D eigenvalue weighted by atomic mass is 19.4. The largest absolute Gasteiger partial charge is 0.416 e. The molecule has 1 aliphatic heterocycles. The van der Waals surface area contributed by atoms with Crippen LogP contribution in [0.2, 0.25) is 0 Å². The lowest BCUT2D eigenvalue weighted by Crippen LogP contribution is -2.44. The minimum atomic E-state index is -4.56. The summed E-state index contributed by atoms with van der Waals surface area (Å²) in [5.74, 6) is 5.55. The number of nitrogens with zero attached hydrogens (tertiary/aromatic N) is 3. The minimum Gasteiger partial charge on any atom is -0.386 e. The van der Waals surface area contributed by atoms with E-state index in [1.807, 2.05) is 18.9 Å². The lowest BCUT2D eigenvalue weighted by molar-refractivity contribution is -0.138. The van der Waals surface area contributed by atoms with Gasteiger partial charge in [0.15, 0.2) is 0 Å². The first kappa shape index (κ1) is 29.6. The van der Waals surface area contributed by atoms with E-state index in [2.05, 4.69) is 32.4 Å². The van der Waals surface area contributed by atoms with Crippen molar-refractivity contribution in [3.63, 3.8) is 0 Å². The maximum Gasteiger partial charge on any atom is 0.416 e. The van der Waals surface area contributed by atoms with E-state index in [0.29, 0.717) is 35.5 Å². The van der Waals surface area contributed by atoms with Gasteiger partial charge >= 0.3 is 6.18 Å². The summed E-state index contributed by atoms with van der Waals surface area (Å²) < 4.78 is 41.9. The molecule has 0 saturated carbocycles. The van der Waals surface area contributed by atoms with E-state index >= 15 is 0 Å². The van der Waals surface area contributed by atoms with Crippen LogP contribution in [-0.2, 0) is 12.7 Å². The molecular formula is C30H32F3N7O. The van der Waals surface area contributed by atoms with Crippen LogP contribution in [0.3, 0.4) is 0 Å². The number of likely N-dealkylation sites (N-methyl/N-ethyl adjacent to an activating group) is 1. The van der Waals surface area contributed by atoms with Gasteiger partial charge in [0, 0.05) is 68.4 Å². The Labute approximate surface area is 237 Å². The Morgan fingerprint density at radius 1 is 1.15 bits per heavy atom. The highest BCUT2D eigenvalue weighted by molar-refractivity contribution is 6.04. The maximum absolute atomic E-state index is 14.0. The molecule has 0 aliphatic carbocycles. The summed E-state index contributed by atoms with van der Waals surface area (Å²) in [6.45, 7) is 5.00. The highest BCUT2D eigenvalue weighted by Crippen LogP contribution is 2.35. The van der Waals surface area contributed by atoms with Crippen LogP contribution in [0.15, 0.2) is 42.6 Å². The number of rotatable bonds is 6. The van der Waals surface area contributed by atoms with Crippen molar-refractivity contribution in [3.05, 3.63) is 81.5 Å². The molecular weight excluding hydrogens is 531 g/mol. The summed E-state index contributed by atoms with van der Waals surface area (Å²) in [6.07, 6.45) is -1.91. The number of carbonyl (C=O) groups is 1. The third-order valence-corrected chi connectivity index (χ3v) is 7.05. The van der Waals surface area contributed by atoms with Gasteiger partial charge in [0.25, 0.3) is 5.91 Å². The number of piperazine rings is 1. The highest BCUT2D eigenvalue weighted by Gasteiger charge is 2.34. The van der Waals surface area contributed by atoms with Crippen LogP contribution in [0.1, 0.15) is 43.7 Å². The first-order valence-electron chi connectivity index (χ1n) is 13.0. The predicted molar refractivity (Wildman–Crippen MR) is 155 cm³/mol. The van der Waals surface area contributed by atoms with Gasteiger partial charge < -0.3 is 26.7 Å². The summed E-state index contributed by atoms with van der Waals surface area (Å²) in [6, 6.07) is 8.78. The Hall–Kier alpha value is -4.40. The molecule has 41 heavy (non-hydrogen) atoms. The molecule has 11 heteroatoms. The van der Waals surface area contributed by atoms with Crippen molar-refractivity contribution < 1.29 is 18.0 Å². The van der Waals surface area contributed by atoms with Gasteiger partial charge in [0.05, 0.1) is 23.0 Å². The summed E-state index contributed by atoms with van der Waals surface area (Å²) in [4.78, 5) is 21.3.